The standard InChI is InChI=1S/C24H29N7.4ClH.3H2O/c1-17-7-12-27-23-21(17)29-24(28-20-8-13-30(14-9-20)15-10-25)31(23)16-19-5-2-4-18-6-3-11-26-22(18)19;;;;;;;/h2-7,11-12,20H,8-10,13-16,25H2,1H3,(H,28,29);4*1H;3*1H2. The molecule has 0 bridgehead atoms. The number of pyridine rings is 2. The van der Waals surface area contributed by atoms with Crippen LogP contribution in [0, 0.1) is 6.92 Å². The Morgan fingerprint density at radius 3 is 2.26 bits per heavy atom. The third-order valence-electron chi connectivity index (χ3n) is 6.25. The van der Waals surface area contributed by atoms with Crippen LogP contribution in [0.2, 0.25) is 0 Å². The Kier molecular flexibility index (Phi) is 19.5. The van der Waals surface area contributed by atoms with E-state index in [1.54, 1.807) is 0 Å². The first kappa shape index (κ1) is 40.5. The van der Waals surface area contributed by atoms with Crippen molar-refractivity contribution in [1.29, 1.82) is 0 Å². The van der Waals surface area contributed by atoms with Crippen LogP contribution < -0.4 is 11.1 Å². The molecule has 1 aromatic carbocycles. The Balaban J connectivity index is -0.00000175. The van der Waals surface area contributed by atoms with Crippen LogP contribution in [0.15, 0.2) is 48.8 Å². The molecule has 3 aromatic heterocycles. The lowest BCUT2D eigenvalue weighted by Crippen LogP contribution is -2.41. The molecule has 216 valence electrons. The second-order valence-electron chi connectivity index (χ2n) is 8.36. The van der Waals surface area contributed by atoms with Crippen LogP contribution in [0.3, 0.4) is 0 Å². The summed E-state index contributed by atoms with van der Waals surface area (Å²) in [6.07, 6.45) is 5.90. The first-order valence-corrected chi connectivity index (χ1v) is 11.1. The topological polar surface area (TPSA) is 179 Å². The van der Waals surface area contributed by atoms with Crippen LogP contribution >= 0.6 is 49.6 Å². The Morgan fingerprint density at radius 1 is 0.895 bits per heavy atom. The minimum atomic E-state index is 0. The van der Waals surface area contributed by atoms with Crippen molar-refractivity contribution in [3.63, 3.8) is 0 Å². The van der Waals surface area contributed by atoms with Crippen molar-refractivity contribution in [3.8, 4) is 0 Å². The maximum absolute atomic E-state index is 5.72. The fourth-order valence-electron chi connectivity index (χ4n) is 4.53. The van der Waals surface area contributed by atoms with Gasteiger partial charge in [0.2, 0.25) is 5.95 Å². The number of imidazole rings is 1. The molecule has 0 radical (unpaired) electrons. The van der Waals surface area contributed by atoms with Crippen molar-refractivity contribution >= 4 is 77.6 Å². The summed E-state index contributed by atoms with van der Waals surface area (Å²) in [5.74, 6) is 0.891. The zero-order valence-electron chi connectivity index (χ0n) is 21.1. The molecule has 4 heterocycles. The van der Waals surface area contributed by atoms with Gasteiger partial charge in [0.05, 0.1) is 12.1 Å². The van der Waals surface area contributed by atoms with Gasteiger partial charge in [-0.1, -0.05) is 24.3 Å². The number of halogens is 4. The Labute approximate surface area is 247 Å². The van der Waals surface area contributed by atoms with Gasteiger partial charge in [-0.15, -0.1) is 49.6 Å². The monoisotopic (exact) mass is 613 g/mol. The molecule has 10 nitrogen and oxygen atoms in total. The molecular weight excluding hydrogens is 576 g/mol. The first-order chi connectivity index (χ1) is 15.2. The summed E-state index contributed by atoms with van der Waals surface area (Å²) in [4.78, 5) is 16.7. The van der Waals surface area contributed by atoms with E-state index in [0.29, 0.717) is 12.6 Å². The number of nitrogens with zero attached hydrogens (tertiary/aromatic N) is 5. The van der Waals surface area contributed by atoms with E-state index < -0.39 is 0 Å². The second-order valence-corrected chi connectivity index (χ2v) is 8.36. The Bertz CT molecular complexity index is 1220. The van der Waals surface area contributed by atoms with Crippen molar-refractivity contribution < 1.29 is 16.4 Å². The number of piperidine rings is 1. The molecule has 0 amide bonds. The molecule has 0 unspecified atom stereocenters. The van der Waals surface area contributed by atoms with Gasteiger partial charge in [0, 0.05) is 50.0 Å². The van der Waals surface area contributed by atoms with Crippen LogP contribution in [0.25, 0.3) is 22.1 Å². The lowest BCUT2D eigenvalue weighted by molar-refractivity contribution is 0.224. The molecule has 1 saturated heterocycles. The number of likely N-dealkylation sites (tertiary alicyclic amines) is 1. The molecule has 0 saturated carbocycles. The van der Waals surface area contributed by atoms with Crippen LogP contribution in [0.1, 0.15) is 24.0 Å². The third kappa shape index (κ3) is 8.51. The molecule has 9 N–H and O–H groups in total. The van der Waals surface area contributed by atoms with E-state index in [9.17, 15) is 0 Å². The summed E-state index contributed by atoms with van der Waals surface area (Å²) >= 11 is 0. The van der Waals surface area contributed by atoms with Gasteiger partial charge >= 0.3 is 0 Å². The van der Waals surface area contributed by atoms with Crippen LogP contribution in [0.5, 0.6) is 0 Å². The number of nitrogens with two attached hydrogens (primary N) is 1. The van der Waals surface area contributed by atoms with Crippen LogP contribution in [-0.2, 0) is 6.54 Å². The van der Waals surface area contributed by atoms with Gasteiger partial charge in [0.25, 0.3) is 0 Å². The molecule has 14 heteroatoms. The predicted octanol–water partition coefficient (Wildman–Crippen LogP) is 2.38. The van der Waals surface area contributed by atoms with Gasteiger partial charge in [-0.05, 0) is 43.0 Å². The van der Waals surface area contributed by atoms with E-state index in [4.69, 9.17) is 10.7 Å². The highest BCUT2D eigenvalue weighted by Crippen LogP contribution is 2.26. The van der Waals surface area contributed by atoms with Crippen molar-refractivity contribution in [2.24, 2.45) is 5.73 Å². The Hall–Kier alpha value is -1.99. The lowest BCUT2D eigenvalue weighted by atomic mass is 10.1. The molecule has 0 atom stereocenters. The number of aromatic nitrogens is 4. The summed E-state index contributed by atoms with van der Waals surface area (Å²) in [5, 5.41) is 4.88. The summed E-state index contributed by atoms with van der Waals surface area (Å²) in [6, 6.07) is 12.9. The highest BCUT2D eigenvalue weighted by atomic mass is 35.5. The number of hydrogen-bond donors (Lipinski definition) is 2. The van der Waals surface area contributed by atoms with Crippen LogP contribution in [0.4, 0.5) is 5.95 Å². The van der Waals surface area contributed by atoms with E-state index >= 15 is 0 Å². The van der Waals surface area contributed by atoms with Crippen molar-refractivity contribution in [3.05, 3.63) is 59.9 Å². The maximum atomic E-state index is 5.72. The fourth-order valence-corrected chi connectivity index (χ4v) is 4.53. The molecule has 1 aliphatic heterocycles. The highest BCUT2D eigenvalue weighted by molar-refractivity contribution is 5.86. The molecule has 38 heavy (non-hydrogen) atoms. The van der Waals surface area contributed by atoms with E-state index in [2.05, 4.69) is 55.9 Å². The number of aryl methyl sites for hydroxylation is 1. The van der Waals surface area contributed by atoms with Crippen molar-refractivity contribution in [2.45, 2.75) is 32.4 Å². The number of benzene rings is 1. The van der Waals surface area contributed by atoms with Gasteiger partial charge < -0.3 is 32.4 Å². The van der Waals surface area contributed by atoms with Gasteiger partial charge in [-0.25, -0.2) is 9.97 Å². The number of nitrogens with one attached hydrogen (secondary N) is 1. The zero-order valence-corrected chi connectivity index (χ0v) is 24.4. The van der Waals surface area contributed by atoms with E-state index in [1.165, 1.54) is 5.56 Å². The van der Waals surface area contributed by atoms with E-state index in [1.807, 2.05) is 24.5 Å². The quantitative estimate of drug-likeness (QED) is 0.336. The SMILES string of the molecule is Cc1ccnc2c1nc(NC1CCN(CCN)CC1)n2Cc1cccc2cccnc12.Cl.Cl.Cl.Cl.O.O.O. The largest absolute Gasteiger partial charge is 0.412 e. The summed E-state index contributed by atoms with van der Waals surface area (Å²) < 4.78 is 2.21. The molecule has 1 aliphatic rings. The molecule has 0 spiro atoms. The number of para-hydroxylation sites is 1. The van der Waals surface area contributed by atoms with Crippen LogP contribution in [-0.4, -0.2) is 73.1 Å². The number of hydrogen-bond acceptors (Lipinski definition) is 6. The van der Waals surface area contributed by atoms with Crippen molar-refractivity contribution in [2.75, 3.05) is 31.5 Å². The van der Waals surface area contributed by atoms with Gasteiger partial charge in [0.15, 0.2) is 5.65 Å². The second kappa shape index (κ2) is 18.3. The molecule has 1 fully saturated rings. The number of rotatable bonds is 6. The summed E-state index contributed by atoms with van der Waals surface area (Å²) in [5.41, 5.74) is 10.9. The van der Waals surface area contributed by atoms with E-state index in [-0.39, 0.29) is 66.1 Å². The molecule has 0 aliphatic carbocycles. The summed E-state index contributed by atoms with van der Waals surface area (Å²) in [6.45, 7) is 6.60. The van der Waals surface area contributed by atoms with Crippen molar-refractivity contribution in [1.82, 2.24) is 24.4 Å². The lowest BCUT2D eigenvalue weighted by Gasteiger charge is -2.32. The maximum Gasteiger partial charge on any atom is 0.205 e. The van der Waals surface area contributed by atoms with Gasteiger partial charge in [0.1, 0.15) is 5.52 Å². The normalized spacial score (nSPS) is 12.8. The van der Waals surface area contributed by atoms with Gasteiger partial charge in [-0.2, -0.15) is 0 Å². The first-order valence-electron chi connectivity index (χ1n) is 11.1. The average Bonchev–Trinajstić information content (AvgIpc) is 3.14. The molecule has 5 rings (SSSR count). The molecule has 4 aromatic rings. The smallest absolute Gasteiger partial charge is 0.205 e. The number of anilines is 1. The zero-order chi connectivity index (χ0) is 21.2. The highest BCUT2D eigenvalue weighted by Gasteiger charge is 2.22. The average molecular weight is 615 g/mol. The summed E-state index contributed by atoms with van der Waals surface area (Å²) in [7, 11) is 0. The fraction of sp³-hybridized carbons (Fsp3) is 0.375. The number of fused-ring (bicyclic) bond motifs is 2. The third-order valence-corrected chi connectivity index (χ3v) is 6.25. The molecular formula is C24H39Cl4N7O3. The van der Waals surface area contributed by atoms with Gasteiger partial charge in [-0.3, -0.25) is 9.55 Å². The van der Waals surface area contributed by atoms with E-state index in [0.717, 1.165) is 72.6 Å². The minimum absolute atomic E-state index is 0. The Morgan fingerprint density at radius 2 is 1.58 bits per heavy atom. The predicted molar refractivity (Wildman–Crippen MR) is 165 cm³/mol. The minimum Gasteiger partial charge on any atom is -0.412 e.